The SMILES string of the molecule is CCOC(=O)c1sc(NC(=O)c2ccc(OCc3c(C)noc3C)c(OC)c2)cc1C. The van der Waals surface area contributed by atoms with E-state index in [2.05, 4.69) is 10.5 Å². The number of methoxy groups -OCH3 is 1. The summed E-state index contributed by atoms with van der Waals surface area (Å²) in [5.41, 5.74) is 2.78. The number of aryl methyl sites for hydroxylation is 3. The molecule has 0 saturated heterocycles. The highest BCUT2D eigenvalue weighted by molar-refractivity contribution is 7.18. The summed E-state index contributed by atoms with van der Waals surface area (Å²) in [5, 5.41) is 7.28. The first-order valence-electron chi connectivity index (χ1n) is 9.65. The number of aromatic nitrogens is 1. The summed E-state index contributed by atoms with van der Waals surface area (Å²) in [6.07, 6.45) is 0. The van der Waals surface area contributed by atoms with Gasteiger partial charge in [-0.05, 0) is 57.5 Å². The molecule has 0 aliphatic carbocycles. The van der Waals surface area contributed by atoms with Crippen LogP contribution in [0.4, 0.5) is 5.00 Å². The van der Waals surface area contributed by atoms with E-state index in [9.17, 15) is 9.59 Å². The van der Waals surface area contributed by atoms with Gasteiger partial charge in [-0.25, -0.2) is 4.79 Å². The first-order chi connectivity index (χ1) is 14.8. The van der Waals surface area contributed by atoms with E-state index in [1.54, 1.807) is 38.1 Å². The van der Waals surface area contributed by atoms with Crippen molar-refractivity contribution in [3.05, 3.63) is 57.3 Å². The highest BCUT2D eigenvalue weighted by Gasteiger charge is 2.18. The summed E-state index contributed by atoms with van der Waals surface area (Å²) >= 11 is 1.18. The molecule has 0 atom stereocenters. The second-order valence-corrected chi connectivity index (χ2v) is 7.81. The number of amides is 1. The molecule has 31 heavy (non-hydrogen) atoms. The number of nitrogens with zero attached hydrogens (tertiary/aromatic N) is 1. The van der Waals surface area contributed by atoms with E-state index in [-0.39, 0.29) is 12.5 Å². The lowest BCUT2D eigenvalue weighted by Gasteiger charge is -2.12. The van der Waals surface area contributed by atoms with Gasteiger partial charge in [0.25, 0.3) is 5.91 Å². The van der Waals surface area contributed by atoms with E-state index in [1.165, 1.54) is 18.4 Å². The molecule has 0 aliphatic rings. The quantitative estimate of drug-likeness (QED) is 0.504. The summed E-state index contributed by atoms with van der Waals surface area (Å²) in [6, 6.07) is 6.67. The second kappa shape index (κ2) is 9.65. The molecule has 0 unspecified atom stereocenters. The first-order valence-corrected chi connectivity index (χ1v) is 10.5. The fourth-order valence-electron chi connectivity index (χ4n) is 2.91. The van der Waals surface area contributed by atoms with Gasteiger partial charge >= 0.3 is 5.97 Å². The fourth-order valence-corrected chi connectivity index (χ4v) is 3.87. The largest absolute Gasteiger partial charge is 0.493 e. The molecule has 8 nitrogen and oxygen atoms in total. The van der Waals surface area contributed by atoms with Crippen LogP contribution < -0.4 is 14.8 Å². The summed E-state index contributed by atoms with van der Waals surface area (Å²) in [6.45, 7) is 7.78. The lowest BCUT2D eigenvalue weighted by atomic mass is 10.2. The summed E-state index contributed by atoms with van der Waals surface area (Å²) < 4.78 is 21.4. The Morgan fingerprint density at radius 2 is 1.94 bits per heavy atom. The number of benzene rings is 1. The number of nitrogens with one attached hydrogen (secondary N) is 1. The van der Waals surface area contributed by atoms with Crippen LogP contribution in [0.3, 0.4) is 0 Å². The van der Waals surface area contributed by atoms with Gasteiger partial charge in [0.1, 0.15) is 17.2 Å². The van der Waals surface area contributed by atoms with Crippen molar-refractivity contribution in [3.8, 4) is 11.5 Å². The van der Waals surface area contributed by atoms with Crippen LogP contribution >= 0.6 is 11.3 Å². The van der Waals surface area contributed by atoms with Crippen LogP contribution in [0, 0.1) is 20.8 Å². The Labute approximate surface area is 184 Å². The van der Waals surface area contributed by atoms with Crippen molar-refractivity contribution >= 4 is 28.2 Å². The van der Waals surface area contributed by atoms with Gasteiger partial charge in [0.15, 0.2) is 11.5 Å². The Kier molecular flexibility index (Phi) is 6.96. The minimum absolute atomic E-state index is 0.272. The molecule has 0 radical (unpaired) electrons. The maximum Gasteiger partial charge on any atom is 0.348 e. The average molecular weight is 445 g/mol. The van der Waals surface area contributed by atoms with Gasteiger partial charge in [-0.1, -0.05) is 5.16 Å². The van der Waals surface area contributed by atoms with Crippen molar-refractivity contribution in [1.82, 2.24) is 5.16 Å². The smallest absolute Gasteiger partial charge is 0.348 e. The molecule has 0 spiro atoms. The van der Waals surface area contributed by atoms with Gasteiger partial charge in [-0.15, -0.1) is 11.3 Å². The van der Waals surface area contributed by atoms with E-state index < -0.39 is 5.97 Å². The third-order valence-corrected chi connectivity index (χ3v) is 5.73. The van der Waals surface area contributed by atoms with Gasteiger partial charge < -0.3 is 24.1 Å². The van der Waals surface area contributed by atoms with Crippen LogP contribution in [-0.2, 0) is 11.3 Å². The average Bonchev–Trinajstić information content (AvgIpc) is 3.27. The van der Waals surface area contributed by atoms with Gasteiger partial charge in [0.2, 0.25) is 0 Å². The summed E-state index contributed by atoms with van der Waals surface area (Å²) in [7, 11) is 1.51. The lowest BCUT2D eigenvalue weighted by molar-refractivity contribution is 0.0531. The van der Waals surface area contributed by atoms with Gasteiger partial charge in [-0.2, -0.15) is 0 Å². The lowest BCUT2D eigenvalue weighted by Crippen LogP contribution is -2.11. The van der Waals surface area contributed by atoms with Crippen molar-refractivity contribution in [1.29, 1.82) is 0 Å². The molecule has 2 aromatic heterocycles. The molecule has 1 N–H and O–H groups in total. The van der Waals surface area contributed by atoms with Crippen molar-refractivity contribution in [2.24, 2.45) is 0 Å². The predicted octanol–water partition coefficient (Wildman–Crippen LogP) is 4.68. The minimum Gasteiger partial charge on any atom is -0.493 e. The minimum atomic E-state index is -0.396. The third kappa shape index (κ3) is 5.05. The monoisotopic (exact) mass is 444 g/mol. The van der Waals surface area contributed by atoms with Gasteiger partial charge in [0, 0.05) is 5.56 Å². The highest BCUT2D eigenvalue weighted by Crippen LogP contribution is 2.31. The Hall–Kier alpha value is -3.33. The maximum absolute atomic E-state index is 12.7. The molecule has 0 aliphatic heterocycles. The van der Waals surface area contributed by atoms with Crippen molar-refractivity contribution in [2.45, 2.75) is 34.3 Å². The zero-order chi connectivity index (χ0) is 22.5. The molecule has 2 heterocycles. The topological polar surface area (TPSA) is 99.9 Å². The molecule has 9 heteroatoms. The van der Waals surface area contributed by atoms with E-state index in [0.717, 1.165) is 16.8 Å². The molecule has 0 fully saturated rings. The Balaban J connectivity index is 1.72. The second-order valence-electron chi connectivity index (χ2n) is 6.75. The normalized spacial score (nSPS) is 10.6. The van der Waals surface area contributed by atoms with Crippen molar-refractivity contribution < 1.29 is 28.3 Å². The van der Waals surface area contributed by atoms with Crippen LogP contribution in [-0.4, -0.2) is 30.7 Å². The molecule has 0 saturated carbocycles. The number of hydrogen-bond acceptors (Lipinski definition) is 8. The van der Waals surface area contributed by atoms with Crippen LogP contribution in [0.1, 0.15) is 49.5 Å². The molecule has 3 aromatic rings. The van der Waals surface area contributed by atoms with Crippen LogP contribution in [0.15, 0.2) is 28.8 Å². The number of anilines is 1. The maximum atomic E-state index is 12.7. The number of esters is 1. The van der Waals surface area contributed by atoms with Crippen LogP contribution in [0.5, 0.6) is 11.5 Å². The third-order valence-electron chi connectivity index (χ3n) is 4.59. The Morgan fingerprint density at radius 3 is 2.58 bits per heavy atom. The molecular formula is C22H24N2O6S. The summed E-state index contributed by atoms with van der Waals surface area (Å²) in [5.74, 6) is 0.893. The standard InChI is InChI=1S/C22H24N2O6S/c1-6-28-22(26)20-12(2)9-19(31-20)23-21(25)15-7-8-17(18(10-15)27-5)29-11-16-13(3)24-30-14(16)4/h7-10H,6,11H2,1-5H3,(H,23,25). The molecular weight excluding hydrogens is 420 g/mol. The van der Waals surface area contributed by atoms with Gasteiger partial charge in [0.05, 0.1) is 30.0 Å². The number of carbonyl (C=O) groups excluding carboxylic acids is 2. The van der Waals surface area contributed by atoms with E-state index >= 15 is 0 Å². The Morgan fingerprint density at radius 1 is 1.16 bits per heavy atom. The first kappa shape index (κ1) is 22.4. The van der Waals surface area contributed by atoms with Crippen LogP contribution in [0.2, 0.25) is 0 Å². The number of thiophene rings is 1. The van der Waals surface area contributed by atoms with Gasteiger partial charge in [-0.3, -0.25) is 4.79 Å². The number of ether oxygens (including phenoxy) is 3. The number of hydrogen-bond donors (Lipinski definition) is 1. The molecule has 164 valence electrons. The molecule has 0 bridgehead atoms. The molecule has 1 aromatic carbocycles. The Bertz CT molecular complexity index is 1080. The number of rotatable bonds is 8. The van der Waals surface area contributed by atoms with Crippen molar-refractivity contribution in [3.63, 3.8) is 0 Å². The van der Waals surface area contributed by atoms with Crippen molar-refractivity contribution in [2.75, 3.05) is 19.0 Å². The van der Waals surface area contributed by atoms with Crippen LogP contribution in [0.25, 0.3) is 0 Å². The number of carbonyl (C=O) groups is 2. The zero-order valence-corrected chi connectivity index (χ0v) is 18.8. The fraction of sp³-hybridized carbons (Fsp3) is 0.318. The highest BCUT2D eigenvalue weighted by atomic mass is 32.1. The van der Waals surface area contributed by atoms with E-state index in [4.69, 9.17) is 18.7 Å². The molecule has 1 amide bonds. The molecule has 3 rings (SSSR count). The summed E-state index contributed by atoms with van der Waals surface area (Å²) in [4.78, 5) is 25.2. The van der Waals surface area contributed by atoms with E-state index in [0.29, 0.717) is 39.3 Å². The zero-order valence-electron chi connectivity index (χ0n) is 18.0. The predicted molar refractivity (Wildman–Crippen MR) is 116 cm³/mol. The van der Waals surface area contributed by atoms with E-state index in [1.807, 2.05) is 13.8 Å².